The fourth-order valence-corrected chi connectivity index (χ4v) is 4.80. The molecule has 13 heteroatoms. The third kappa shape index (κ3) is 5.19. The van der Waals surface area contributed by atoms with Crippen molar-refractivity contribution in [3.05, 3.63) is 68.0 Å². The Morgan fingerprint density at radius 3 is 2.43 bits per heavy atom. The summed E-state index contributed by atoms with van der Waals surface area (Å²) in [6.45, 7) is 0.673. The molecule has 0 unspecified atom stereocenters. The monoisotopic (exact) mass is 509 g/mol. The van der Waals surface area contributed by atoms with E-state index in [1.54, 1.807) is 29.2 Å². The van der Waals surface area contributed by atoms with Crippen molar-refractivity contribution in [3.8, 4) is 5.75 Å². The normalized spacial score (nSPS) is 14.7. The van der Waals surface area contributed by atoms with Crippen molar-refractivity contribution < 1.29 is 32.4 Å². The molecule has 0 amide bonds. The number of non-ortho nitro benzene ring substituents is 1. The van der Waals surface area contributed by atoms with Gasteiger partial charge in [-0.2, -0.15) is 18.2 Å². The van der Waals surface area contributed by atoms with Gasteiger partial charge < -0.3 is 14.4 Å². The van der Waals surface area contributed by atoms with Crippen LogP contribution < -0.4 is 15.2 Å². The van der Waals surface area contributed by atoms with Gasteiger partial charge in [-0.25, -0.2) is 4.79 Å². The quantitative estimate of drug-likeness (QED) is 0.282. The second-order valence-corrected chi connectivity index (χ2v) is 8.73. The van der Waals surface area contributed by atoms with Gasteiger partial charge in [-0.15, -0.1) is 0 Å². The maximum Gasteiger partial charge on any atom is 0.416 e. The zero-order valence-corrected chi connectivity index (χ0v) is 19.0. The standard InChI is InChI=1S/C22H18F3N3O6S/c1-33-14-4-2-12(3-5-14)20(30)34-15-6-8-27(9-7-15)21-26-19(29)16-10-13(22(23,24)25)11-17(28(31)32)18(16)35-21/h2-5,10-11,15H,6-9H2,1H3. The molecule has 4 rings (SSSR count). The van der Waals surface area contributed by atoms with Crippen LogP contribution >= 0.6 is 11.3 Å². The van der Waals surface area contributed by atoms with E-state index in [1.807, 2.05) is 0 Å². The molecular weight excluding hydrogens is 491 g/mol. The highest BCUT2D eigenvalue weighted by atomic mass is 32.1. The van der Waals surface area contributed by atoms with Crippen molar-refractivity contribution in [1.29, 1.82) is 0 Å². The first-order valence-corrected chi connectivity index (χ1v) is 11.2. The number of anilines is 1. The molecule has 1 aliphatic rings. The molecule has 0 aliphatic carbocycles. The lowest BCUT2D eigenvalue weighted by atomic mass is 10.1. The largest absolute Gasteiger partial charge is 0.497 e. The summed E-state index contributed by atoms with van der Waals surface area (Å²) in [5.74, 6) is 0.113. The van der Waals surface area contributed by atoms with Gasteiger partial charge in [0.05, 0.1) is 28.5 Å². The summed E-state index contributed by atoms with van der Waals surface area (Å²) in [5, 5.41) is 11.1. The minimum atomic E-state index is -4.85. The van der Waals surface area contributed by atoms with Crippen LogP contribution in [0.4, 0.5) is 24.0 Å². The Morgan fingerprint density at radius 2 is 1.86 bits per heavy atom. The summed E-state index contributed by atoms with van der Waals surface area (Å²) < 4.78 is 49.8. The van der Waals surface area contributed by atoms with E-state index in [4.69, 9.17) is 9.47 Å². The molecule has 1 aromatic heterocycles. The van der Waals surface area contributed by atoms with Gasteiger partial charge in [0.2, 0.25) is 0 Å². The lowest BCUT2D eigenvalue weighted by Gasteiger charge is -2.31. The predicted molar refractivity (Wildman–Crippen MR) is 121 cm³/mol. The summed E-state index contributed by atoms with van der Waals surface area (Å²) in [4.78, 5) is 41.0. The topological polar surface area (TPSA) is 112 Å². The SMILES string of the molecule is COc1ccc(C(=O)OC2CCN(c3nc(=O)c4cc(C(F)(F)F)cc([N+](=O)[O-])c4s3)CC2)cc1. The summed E-state index contributed by atoms with van der Waals surface area (Å²) in [6.07, 6.45) is -4.41. The van der Waals surface area contributed by atoms with Crippen LogP contribution in [-0.4, -0.2) is 42.2 Å². The minimum absolute atomic E-state index is 0.158. The number of nitro benzene ring substituents is 1. The van der Waals surface area contributed by atoms with Crippen LogP contribution in [-0.2, 0) is 10.9 Å². The number of fused-ring (bicyclic) bond motifs is 1. The van der Waals surface area contributed by atoms with Crippen molar-refractivity contribution in [3.63, 3.8) is 0 Å². The molecule has 0 atom stereocenters. The Balaban J connectivity index is 1.51. The number of methoxy groups -OCH3 is 1. The van der Waals surface area contributed by atoms with Gasteiger partial charge in [0.1, 0.15) is 16.6 Å². The maximum atomic E-state index is 13.1. The Bertz CT molecular complexity index is 1340. The van der Waals surface area contributed by atoms with Gasteiger partial charge in [-0.05, 0) is 30.3 Å². The Morgan fingerprint density at radius 1 is 1.20 bits per heavy atom. The zero-order valence-electron chi connectivity index (χ0n) is 18.2. The van der Waals surface area contributed by atoms with Crippen LogP contribution in [0.25, 0.3) is 10.1 Å². The number of aromatic nitrogens is 1. The number of esters is 1. The second-order valence-electron chi connectivity index (χ2n) is 7.75. The molecule has 0 N–H and O–H groups in total. The smallest absolute Gasteiger partial charge is 0.416 e. The van der Waals surface area contributed by atoms with Crippen LogP contribution in [0.2, 0.25) is 0 Å². The number of hydrogen-bond donors (Lipinski definition) is 0. The fourth-order valence-electron chi connectivity index (χ4n) is 3.69. The van der Waals surface area contributed by atoms with Gasteiger partial charge in [0.15, 0.2) is 5.13 Å². The lowest BCUT2D eigenvalue weighted by molar-refractivity contribution is -0.383. The molecule has 0 radical (unpaired) electrons. The minimum Gasteiger partial charge on any atom is -0.497 e. The average molecular weight is 509 g/mol. The van der Waals surface area contributed by atoms with Crippen molar-refractivity contribution in [2.45, 2.75) is 25.1 Å². The highest BCUT2D eigenvalue weighted by Crippen LogP contribution is 2.38. The lowest BCUT2D eigenvalue weighted by Crippen LogP contribution is -2.38. The molecule has 0 bridgehead atoms. The van der Waals surface area contributed by atoms with Crippen LogP contribution in [0.5, 0.6) is 5.75 Å². The van der Waals surface area contributed by atoms with E-state index in [1.165, 1.54) is 7.11 Å². The molecule has 2 aromatic carbocycles. The number of hydrogen-bond acceptors (Lipinski definition) is 9. The molecular formula is C22H18F3N3O6S. The average Bonchev–Trinajstić information content (AvgIpc) is 2.83. The Labute approximate surface area is 199 Å². The first-order chi connectivity index (χ1) is 16.6. The van der Waals surface area contributed by atoms with E-state index in [9.17, 15) is 32.9 Å². The van der Waals surface area contributed by atoms with Crippen molar-refractivity contribution in [2.24, 2.45) is 0 Å². The third-order valence-corrected chi connectivity index (χ3v) is 6.69. The van der Waals surface area contributed by atoms with Gasteiger partial charge >= 0.3 is 12.1 Å². The van der Waals surface area contributed by atoms with Crippen LogP contribution in [0.3, 0.4) is 0 Å². The predicted octanol–water partition coefficient (Wildman–Crippen LogP) is 4.42. The summed E-state index contributed by atoms with van der Waals surface area (Å²) in [6, 6.07) is 7.47. The van der Waals surface area contributed by atoms with Crippen molar-refractivity contribution >= 4 is 38.2 Å². The maximum absolute atomic E-state index is 13.1. The van der Waals surface area contributed by atoms with E-state index < -0.39 is 39.3 Å². The molecule has 1 saturated heterocycles. The number of alkyl halides is 3. The fraction of sp³-hybridized carbons (Fsp3) is 0.318. The van der Waals surface area contributed by atoms with Crippen molar-refractivity contribution in [1.82, 2.24) is 4.98 Å². The van der Waals surface area contributed by atoms with E-state index in [-0.39, 0.29) is 15.9 Å². The van der Waals surface area contributed by atoms with E-state index >= 15 is 0 Å². The summed E-state index contributed by atoms with van der Waals surface area (Å²) in [5.41, 5.74) is -2.69. The number of piperidine rings is 1. The Hall–Kier alpha value is -3.74. The molecule has 1 fully saturated rings. The summed E-state index contributed by atoms with van der Waals surface area (Å²) >= 11 is 0.783. The number of benzene rings is 2. The van der Waals surface area contributed by atoms with Crippen LogP contribution in [0.1, 0.15) is 28.8 Å². The zero-order chi connectivity index (χ0) is 25.3. The molecule has 1 aliphatic heterocycles. The number of halogens is 3. The molecule has 35 heavy (non-hydrogen) atoms. The first-order valence-electron chi connectivity index (χ1n) is 10.4. The number of carbonyl (C=O) groups excluding carboxylic acids is 1. The van der Waals surface area contributed by atoms with Gasteiger partial charge in [0.25, 0.3) is 11.2 Å². The van der Waals surface area contributed by atoms with E-state index in [0.29, 0.717) is 49.4 Å². The highest BCUT2D eigenvalue weighted by Gasteiger charge is 2.34. The van der Waals surface area contributed by atoms with Gasteiger partial charge in [-0.3, -0.25) is 14.9 Å². The molecule has 9 nitrogen and oxygen atoms in total. The number of nitrogens with zero attached hydrogens (tertiary/aromatic N) is 3. The van der Waals surface area contributed by atoms with E-state index in [0.717, 1.165) is 11.3 Å². The molecule has 2 heterocycles. The highest BCUT2D eigenvalue weighted by molar-refractivity contribution is 7.22. The summed E-state index contributed by atoms with van der Waals surface area (Å²) in [7, 11) is 1.51. The third-order valence-electron chi connectivity index (χ3n) is 5.53. The van der Waals surface area contributed by atoms with Crippen LogP contribution in [0, 0.1) is 10.1 Å². The molecule has 184 valence electrons. The number of rotatable bonds is 5. The molecule has 3 aromatic rings. The van der Waals surface area contributed by atoms with Crippen LogP contribution in [0.15, 0.2) is 41.2 Å². The Kier molecular flexibility index (Phi) is 6.61. The molecule has 0 spiro atoms. The van der Waals surface area contributed by atoms with E-state index in [2.05, 4.69) is 4.98 Å². The number of nitro groups is 1. The number of ether oxygens (including phenoxy) is 2. The number of carbonyl (C=O) groups is 1. The molecule has 0 saturated carbocycles. The first kappa shape index (κ1) is 24.4. The van der Waals surface area contributed by atoms with Gasteiger partial charge in [0, 0.05) is 32.0 Å². The van der Waals surface area contributed by atoms with Crippen molar-refractivity contribution in [2.75, 3.05) is 25.1 Å². The second kappa shape index (κ2) is 9.49. The van der Waals surface area contributed by atoms with Gasteiger partial charge in [-0.1, -0.05) is 11.3 Å².